The first-order chi connectivity index (χ1) is 11.0. The minimum atomic E-state index is -0.257. The highest BCUT2D eigenvalue weighted by Crippen LogP contribution is 2.38. The number of hydrogen-bond donors (Lipinski definition) is 3. The van der Waals surface area contributed by atoms with Crippen molar-refractivity contribution in [2.45, 2.75) is 38.5 Å². The molecule has 1 aromatic carbocycles. The Hall–Kier alpha value is -2.34. The van der Waals surface area contributed by atoms with Crippen LogP contribution in [0, 0.1) is 12.8 Å². The van der Waals surface area contributed by atoms with Crippen LogP contribution in [0.25, 0.3) is 0 Å². The van der Waals surface area contributed by atoms with E-state index in [1.165, 1.54) is 4.68 Å². The van der Waals surface area contributed by atoms with Gasteiger partial charge in [-0.2, -0.15) is 5.10 Å². The summed E-state index contributed by atoms with van der Waals surface area (Å²) in [5.74, 6) is 0.607. The van der Waals surface area contributed by atoms with Crippen molar-refractivity contribution in [1.29, 1.82) is 0 Å². The van der Waals surface area contributed by atoms with Crippen LogP contribution in [0.2, 0.25) is 0 Å². The van der Waals surface area contributed by atoms with Gasteiger partial charge < -0.3 is 16.2 Å². The van der Waals surface area contributed by atoms with E-state index in [1.54, 1.807) is 6.07 Å². The maximum atomic E-state index is 12.4. The number of rotatable bonds is 5. The Morgan fingerprint density at radius 2 is 2.13 bits per heavy atom. The lowest BCUT2D eigenvalue weighted by Gasteiger charge is -2.38. The number of aryl methyl sites for hydroxylation is 1. The number of carbonyl (C=O) groups is 1. The SMILES string of the molecule is Cc1cc(N)n(CC(=O)NC(c2ccccc2)C2CC(O)C2)n1. The van der Waals surface area contributed by atoms with Crippen molar-refractivity contribution in [2.24, 2.45) is 5.92 Å². The fourth-order valence-electron chi connectivity index (χ4n) is 3.08. The van der Waals surface area contributed by atoms with Gasteiger partial charge >= 0.3 is 0 Å². The standard InChI is InChI=1S/C17H22N4O2/c1-11-7-15(18)21(20-11)10-16(23)19-17(13-8-14(22)9-13)12-5-3-2-4-6-12/h2-7,13-14,17,22H,8-10,18H2,1H3,(H,19,23). The second-order valence-corrected chi connectivity index (χ2v) is 6.21. The molecule has 2 aromatic rings. The minimum Gasteiger partial charge on any atom is -0.393 e. The minimum absolute atomic E-state index is 0.0926. The number of hydrogen-bond acceptors (Lipinski definition) is 4. The Morgan fingerprint density at radius 1 is 1.43 bits per heavy atom. The fourth-order valence-corrected chi connectivity index (χ4v) is 3.08. The molecule has 0 bridgehead atoms. The molecule has 1 atom stereocenters. The van der Waals surface area contributed by atoms with Crippen LogP contribution in [-0.2, 0) is 11.3 Å². The molecular formula is C17H22N4O2. The zero-order valence-electron chi connectivity index (χ0n) is 13.1. The summed E-state index contributed by atoms with van der Waals surface area (Å²) in [7, 11) is 0. The summed E-state index contributed by atoms with van der Waals surface area (Å²) in [6, 6.07) is 11.5. The van der Waals surface area contributed by atoms with E-state index in [9.17, 15) is 9.90 Å². The number of carbonyl (C=O) groups excluding carboxylic acids is 1. The number of nitrogen functional groups attached to an aromatic ring is 1. The number of benzene rings is 1. The topological polar surface area (TPSA) is 93.2 Å². The van der Waals surface area contributed by atoms with Gasteiger partial charge in [0.15, 0.2) is 0 Å². The lowest BCUT2D eigenvalue weighted by molar-refractivity contribution is -0.123. The Balaban J connectivity index is 1.71. The number of aliphatic hydroxyl groups excluding tert-OH is 1. The molecule has 122 valence electrons. The van der Waals surface area contributed by atoms with E-state index in [2.05, 4.69) is 10.4 Å². The molecule has 0 aliphatic heterocycles. The summed E-state index contributed by atoms with van der Waals surface area (Å²) in [5.41, 5.74) is 7.68. The van der Waals surface area contributed by atoms with E-state index >= 15 is 0 Å². The van der Waals surface area contributed by atoms with Crippen molar-refractivity contribution in [1.82, 2.24) is 15.1 Å². The molecule has 1 fully saturated rings. The van der Waals surface area contributed by atoms with Crippen LogP contribution in [0.15, 0.2) is 36.4 Å². The maximum absolute atomic E-state index is 12.4. The van der Waals surface area contributed by atoms with Gasteiger partial charge in [0.1, 0.15) is 12.4 Å². The van der Waals surface area contributed by atoms with Gasteiger partial charge in [-0.25, -0.2) is 4.68 Å². The third kappa shape index (κ3) is 3.53. The number of aliphatic hydroxyl groups is 1. The molecule has 0 spiro atoms. The average molecular weight is 314 g/mol. The third-order valence-electron chi connectivity index (χ3n) is 4.32. The van der Waals surface area contributed by atoms with Gasteiger partial charge in [0.05, 0.1) is 17.8 Å². The quantitative estimate of drug-likeness (QED) is 0.778. The number of anilines is 1. The second kappa shape index (κ2) is 6.42. The Morgan fingerprint density at radius 3 is 2.70 bits per heavy atom. The highest BCUT2D eigenvalue weighted by atomic mass is 16.3. The van der Waals surface area contributed by atoms with Crippen molar-refractivity contribution in [3.63, 3.8) is 0 Å². The molecule has 6 nitrogen and oxygen atoms in total. The molecule has 23 heavy (non-hydrogen) atoms. The molecule has 1 saturated carbocycles. The fraction of sp³-hybridized carbons (Fsp3) is 0.412. The van der Waals surface area contributed by atoms with Gasteiger partial charge in [0.2, 0.25) is 5.91 Å². The average Bonchev–Trinajstić information content (AvgIpc) is 2.80. The number of nitrogens with zero attached hydrogens (tertiary/aromatic N) is 2. The van der Waals surface area contributed by atoms with Crippen LogP contribution in [0.1, 0.15) is 30.1 Å². The number of nitrogens with one attached hydrogen (secondary N) is 1. The smallest absolute Gasteiger partial charge is 0.242 e. The molecule has 1 aliphatic carbocycles. The highest BCUT2D eigenvalue weighted by molar-refractivity contribution is 5.76. The van der Waals surface area contributed by atoms with Gasteiger partial charge in [0.25, 0.3) is 0 Å². The van der Waals surface area contributed by atoms with Gasteiger partial charge in [-0.15, -0.1) is 0 Å². The predicted molar refractivity (Wildman–Crippen MR) is 87.4 cm³/mol. The van der Waals surface area contributed by atoms with E-state index < -0.39 is 0 Å². The van der Waals surface area contributed by atoms with Gasteiger partial charge in [-0.3, -0.25) is 4.79 Å². The lowest BCUT2D eigenvalue weighted by atomic mass is 9.75. The van der Waals surface area contributed by atoms with Crippen molar-refractivity contribution >= 4 is 11.7 Å². The summed E-state index contributed by atoms with van der Waals surface area (Å²) in [6.45, 7) is 1.94. The molecule has 0 radical (unpaired) electrons. The molecule has 1 amide bonds. The predicted octanol–water partition coefficient (Wildman–Crippen LogP) is 1.40. The molecular weight excluding hydrogens is 292 g/mol. The molecule has 1 heterocycles. The maximum Gasteiger partial charge on any atom is 0.242 e. The van der Waals surface area contributed by atoms with Crippen molar-refractivity contribution < 1.29 is 9.90 Å². The number of aromatic nitrogens is 2. The first-order valence-electron chi connectivity index (χ1n) is 7.85. The molecule has 1 unspecified atom stereocenters. The van der Waals surface area contributed by atoms with Crippen molar-refractivity contribution in [3.05, 3.63) is 47.7 Å². The molecule has 0 saturated heterocycles. The monoisotopic (exact) mass is 314 g/mol. The van der Waals surface area contributed by atoms with Gasteiger partial charge in [0, 0.05) is 6.07 Å². The Labute approximate surface area is 135 Å². The van der Waals surface area contributed by atoms with E-state index in [-0.39, 0.29) is 30.5 Å². The normalized spacial score (nSPS) is 21.5. The first-order valence-corrected chi connectivity index (χ1v) is 7.85. The molecule has 4 N–H and O–H groups in total. The largest absolute Gasteiger partial charge is 0.393 e. The molecule has 3 rings (SSSR count). The zero-order valence-corrected chi connectivity index (χ0v) is 13.1. The first kappa shape index (κ1) is 15.6. The van der Waals surface area contributed by atoms with E-state index in [0.717, 1.165) is 11.3 Å². The van der Waals surface area contributed by atoms with E-state index in [0.29, 0.717) is 18.7 Å². The summed E-state index contributed by atoms with van der Waals surface area (Å²) in [4.78, 5) is 12.4. The summed E-state index contributed by atoms with van der Waals surface area (Å²) < 4.78 is 1.50. The van der Waals surface area contributed by atoms with E-state index in [4.69, 9.17) is 5.73 Å². The van der Waals surface area contributed by atoms with Crippen molar-refractivity contribution in [2.75, 3.05) is 5.73 Å². The Bertz CT molecular complexity index is 677. The van der Waals surface area contributed by atoms with Crippen molar-refractivity contribution in [3.8, 4) is 0 Å². The molecule has 1 aromatic heterocycles. The zero-order chi connectivity index (χ0) is 16.4. The lowest BCUT2D eigenvalue weighted by Crippen LogP contribution is -2.42. The van der Waals surface area contributed by atoms with Crippen LogP contribution >= 0.6 is 0 Å². The van der Waals surface area contributed by atoms with Gasteiger partial charge in [-0.05, 0) is 31.2 Å². The van der Waals surface area contributed by atoms with Crippen LogP contribution in [-0.4, -0.2) is 26.9 Å². The summed E-state index contributed by atoms with van der Waals surface area (Å²) in [6.07, 6.45) is 1.17. The summed E-state index contributed by atoms with van der Waals surface area (Å²) in [5, 5.41) is 16.9. The highest BCUT2D eigenvalue weighted by Gasteiger charge is 2.35. The van der Waals surface area contributed by atoms with Crippen LogP contribution in [0.3, 0.4) is 0 Å². The number of amides is 1. The second-order valence-electron chi connectivity index (χ2n) is 6.21. The third-order valence-corrected chi connectivity index (χ3v) is 4.32. The van der Waals surface area contributed by atoms with Crippen LogP contribution in [0.5, 0.6) is 0 Å². The van der Waals surface area contributed by atoms with Crippen LogP contribution in [0.4, 0.5) is 5.82 Å². The van der Waals surface area contributed by atoms with Crippen LogP contribution < -0.4 is 11.1 Å². The Kier molecular flexibility index (Phi) is 4.34. The molecule has 1 aliphatic rings. The summed E-state index contributed by atoms with van der Waals surface area (Å²) >= 11 is 0. The van der Waals surface area contributed by atoms with E-state index in [1.807, 2.05) is 37.3 Å². The number of nitrogens with two attached hydrogens (primary N) is 1. The van der Waals surface area contributed by atoms with Gasteiger partial charge in [-0.1, -0.05) is 30.3 Å². The molecule has 6 heteroatoms.